The molecule has 0 aliphatic heterocycles. The number of allylic oxidation sites excluding steroid dienone is 4. The Morgan fingerprint density at radius 3 is 2.61 bits per heavy atom. The van der Waals surface area contributed by atoms with Gasteiger partial charge < -0.3 is 0 Å². The molecule has 4 rings (SSSR count). The van der Waals surface area contributed by atoms with Crippen molar-refractivity contribution in [2.45, 2.75) is 65.2 Å². The molecule has 0 aromatic carbocycles. The number of ketones is 1. The molecular formula is C22H30O. The highest BCUT2D eigenvalue weighted by Crippen LogP contribution is 2.66. The number of hydrogen-bond acceptors (Lipinski definition) is 1. The van der Waals surface area contributed by atoms with E-state index >= 15 is 0 Å². The van der Waals surface area contributed by atoms with E-state index in [9.17, 15) is 4.79 Å². The van der Waals surface area contributed by atoms with Crippen LogP contribution < -0.4 is 0 Å². The van der Waals surface area contributed by atoms with Gasteiger partial charge in [-0.05, 0) is 79.6 Å². The van der Waals surface area contributed by atoms with Gasteiger partial charge in [0.2, 0.25) is 0 Å². The van der Waals surface area contributed by atoms with Crippen LogP contribution in [-0.4, -0.2) is 5.78 Å². The monoisotopic (exact) mass is 310 g/mol. The van der Waals surface area contributed by atoms with Crippen LogP contribution in [0.3, 0.4) is 0 Å². The van der Waals surface area contributed by atoms with Crippen molar-refractivity contribution >= 4 is 5.78 Å². The second-order valence-electron chi connectivity index (χ2n) is 8.89. The van der Waals surface area contributed by atoms with Crippen LogP contribution in [0.5, 0.6) is 0 Å². The Hall–Kier alpha value is -1.11. The summed E-state index contributed by atoms with van der Waals surface area (Å²) >= 11 is 0. The number of carbonyl (C=O) groups excluding carboxylic acids is 1. The fourth-order valence-corrected chi connectivity index (χ4v) is 6.82. The third-order valence-corrected chi connectivity index (χ3v) is 8.13. The fourth-order valence-electron chi connectivity index (χ4n) is 6.82. The van der Waals surface area contributed by atoms with Crippen LogP contribution in [-0.2, 0) is 4.79 Å². The van der Waals surface area contributed by atoms with E-state index < -0.39 is 0 Å². The Morgan fingerprint density at radius 1 is 1.04 bits per heavy atom. The molecule has 124 valence electrons. The standard InChI is InChI=1S/C22H30O/c1-4-5-15-7-9-19-18-8-6-16-14-17(23)10-12-22(16,3)20(18)11-13-21(15,19)2/h4-5,14,18-20H,1,6-13H2,2-3H3. The van der Waals surface area contributed by atoms with Gasteiger partial charge in [-0.2, -0.15) is 0 Å². The largest absolute Gasteiger partial charge is 0.295 e. The van der Waals surface area contributed by atoms with E-state index in [1.165, 1.54) is 37.7 Å². The van der Waals surface area contributed by atoms with Gasteiger partial charge in [0.1, 0.15) is 0 Å². The summed E-state index contributed by atoms with van der Waals surface area (Å²) in [6, 6.07) is 0. The maximum absolute atomic E-state index is 11.9. The molecule has 0 aromatic rings. The van der Waals surface area contributed by atoms with Crippen molar-refractivity contribution in [2.75, 3.05) is 0 Å². The minimum Gasteiger partial charge on any atom is -0.295 e. The Balaban J connectivity index is 1.68. The van der Waals surface area contributed by atoms with Crippen molar-refractivity contribution in [3.8, 4) is 0 Å². The average molecular weight is 310 g/mol. The molecule has 23 heavy (non-hydrogen) atoms. The molecule has 0 spiro atoms. The first-order chi connectivity index (χ1) is 11.0. The maximum Gasteiger partial charge on any atom is 0.155 e. The quantitative estimate of drug-likeness (QED) is 0.613. The van der Waals surface area contributed by atoms with Gasteiger partial charge in [-0.3, -0.25) is 4.79 Å². The maximum atomic E-state index is 11.9. The van der Waals surface area contributed by atoms with E-state index in [-0.39, 0.29) is 0 Å². The molecule has 4 aliphatic rings. The molecule has 1 nitrogen and oxygen atoms in total. The molecule has 3 fully saturated rings. The SMILES string of the molecule is C=CC=C1CCC2C3CCC4=CC(=O)CCC4(C)C3CCC12C. The summed E-state index contributed by atoms with van der Waals surface area (Å²) in [7, 11) is 0. The lowest BCUT2D eigenvalue weighted by Gasteiger charge is -2.57. The van der Waals surface area contributed by atoms with Crippen LogP contribution in [0.4, 0.5) is 0 Å². The summed E-state index contributed by atoms with van der Waals surface area (Å²) in [6.07, 6.45) is 16.0. The van der Waals surface area contributed by atoms with E-state index in [1.807, 2.05) is 12.2 Å². The van der Waals surface area contributed by atoms with Crippen molar-refractivity contribution in [3.05, 3.63) is 36.0 Å². The molecule has 0 radical (unpaired) electrons. The Labute approximate surface area is 140 Å². The van der Waals surface area contributed by atoms with Crippen LogP contribution in [0, 0.1) is 28.6 Å². The van der Waals surface area contributed by atoms with Crippen molar-refractivity contribution in [2.24, 2.45) is 28.6 Å². The highest BCUT2D eigenvalue weighted by Gasteiger charge is 2.57. The number of rotatable bonds is 1. The van der Waals surface area contributed by atoms with E-state index in [2.05, 4.69) is 26.5 Å². The first-order valence-corrected chi connectivity index (χ1v) is 9.55. The summed E-state index contributed by atoms with van der Waals surface area (Å²) in [5.74, 6) is 2.88. The predicted octanol–water partition coefficient (Wildman–Crippen LogP) is 5.63. The first-order valence-electron chi connectivity index (χ1n) is 9.55. The van der Waals surface area contributed by atoms with Crippen molar-refractivity contribution in [3.63, 3.8) is 0 Å². The summed E-state index contributed by atoms with van der Waals surface area (Å²) in [5.41, 5.74) is 3.86. The molecule has 4 aliphatic carbocycles. The zero-order valence-corrected chi connectivity index (χ0v) is 14.7. The van der Waals surface area contributed by atoms with Crippen LogP contribution in [0.15, 0.2) is 36.0 Å². The molecule has 0 amide bonds. The summed E-state index contributed by atoms with van der Waals surface area (Å²) in [5, 5.41) is 0. The van der Waals surface area contributed by atoms with Crippen LogP contribution in [0.2, 0.25) is 0 Å². The minimum absolute atomic E-state index is 0.309. The van der Waals surface area contributed by atoms with E-state index in [4.69, 9.17) is 0 Å². The first kappa shape index (κ1) is 15.4. The molecule has 3 saturated carbocycles. The number of fused-ring (bicyclic) bond motifs is 5. The minimum atomic E-state index is 0.309. The lowest BCUT2D eigenvalue weighted by Crippen LogP contribution is -2.49. The zero-order chi connectivity index (χ0) is 16.2. The Kier molecular flexibility index (Phi) is 3.48. The molecule has 0 bridgehead atoms. The second kappa shape index (κ2) is 5.19. The smallest absolute Gasteiger partial charge is 0.155 e. The summed E-state index contributed by atoms with van der Waals surface area (Å²) in [4.78, 5) is 11.9. The fraction of sp³-hybridized carbons (Fsp3) is 0.682. The van der Waals surface area contributed by atoms with Gasteiger partial charge in [0.05, 0.1) is 0 Å². The predicted molar refractivity (Wildman–Crippen MR) is 95.0 cm³/mol. The highest BCUT2D eigenvalue weighted by atomic mass is 16.1. The molecule has 0 N–H and O–H groups in total. The lowest BCUT2D eigenvalue weighted by atomic mass is 9.47. The Bertz CT molecular complexity index is 609. The van der Waals surface area contributed by atoms with Gasteiger partial charge in [-0.1, -0.05) is 43.7 Å². The topological polar surface area (TPSA) is 17.1 Å². The molecule has 5 atom stereocenters. The van der Waals surface area contributed by atoms with Crippen molar-refractivity contribution in [1.29, 1.82) is 0 Å². The van der Waals surface area contributed by atoms with Gasteiger partial charge in [0.25, 0.3) is 0 Å². The van der Waals surface area contributed by atoms with Crippen LogP contribution in [0.25, 0.3) is 0 Å². The van der Waals surface area contributed by atoms with Crippen molar-refractivity contribution < 1.29 is 4.79 Å². The average Bonchev–Trinajstić information content (AvgIpc) is 2.85. The number of carbonyl (C=O) groups is 1. The van der Waals surface area contributed by atoms with Crippen LogP contribution in [0.1, 0.15) is 65.2 Å². The van der Waals surface area contributed by atoms with Crippen LogP contribution >= 0.6 is 0 Å². The van der Waals surface area contributed by atoms with Gasteiger partial charge in [0, 0.05) is 6.42 Å². The van der Waals surface area contributed by atoms with Crippen molar-refractivity contribution in [1.82, 2.24) is 0 Å². The normalized spacial score (nSPS) is 47.6. The molecular weight excluding hydrogens is 280 g/mol. The van der Waals surface area contributed by atoms with Gasteiger partial charge in [-0.25, -0.2) is 0 Å². The Morgan fingerprint density at radius 2 is 1.83 bits per heavy atom. The molecule has 5 unspecified atom stereocenters. The third-order valence-electron chi connectivity index (χ3n) is 8.13. The second-order valence-corrected chi connectivity index (χ2v) is 8.89. The van der Waals surface area contributed by atoms with E-state index in [0.717, 1.165) is 37.0 Å². The van der Waals surface area contributed by atoms with E-state index in [1.54, 1.807) is 5.57 Å². The number of hydrogen-bond donors (Lipinski definition) is 0. The van der Waals surface area contributed by atoms with Gasteiger partial charge >= 0.3 is 0 Å². The molecule has 1 heteroatoms. The molecule has 0 saturated heterocycles. The van der Waals surface area contributed by atoms with E-state index in [0.29, 0.717) is 16.6 Å². The highest BCUT2D eigenvalue weighted by molar-refractivity contribution is 5.91. The third kappa shape index (κ3) is 2.08. The zero-order valence-electron chi connectivity index (χ0n) is 14.7. The lowest BCUT2D eigenvalue weighted by molar-refractivity contribution is -0.117. The molecule has 0 heterocycles. The summed E-state index contributed by atoms with van der Waals surface area (Å²) in [6.45, 7) is 8.93. The van der Waals surface area contributed by atoms with Gasteiger partial charge in [0.15, 0.2) is 5.78 Å². The summed E-state index contributed by atoms with van der Waals surface area (Å²) < 4.78 is 0. The van der Waals surface area contributed by atoms with Gasteiger partial charge in [-0.15, -0.1) is 0 Å². The molecule has 0 aromatic heterocycles.